The third-order valence-corrected chi connectivity index (χ3v) is 4.95. The zero-order chi connectivity index (χ0) is 25.6. The Balaban J connectivity index is 0.000000429. The van der Waals surface area contributed by atoms with Gasteiger partial charge < -0.3 is 24.9 Å². The highest BCUT2D eigenvalue weighted by Crippen LogP contribution is 2.32. The Kier molecular flexibility index (Phi) is 7.92. The van der Waals surface area contributed by atoms with Gasteiger partial charge in [0.2, 0.25) is 11.8 Å². The monoisotopic (exact) mass is 488 g/mol. The topological polar surface area (TPSA) is 112 Å². The number of aromatic nitrogens is 3. The molecular formula is C24H23F3N4O4. The molecule has 0 unspecified atom stereocenters. The average Bonchev–Trinajstić information content (AvgIpc) is 3.15. The first kappa shape index (κ1) is 25.5. The summed E-state index contributed by atoms with van der Waals surface area (Å²) in [6, 6.07) is 15.8. The van der Waals surface area contributed by atoms with E-state index < -0.39 is 12.1 Å². The Hall–Kier alpha value is -4.12. The van der Waals surface area contributed by atoms with Gasteiger partial charge in [-0.3, -0.25) is 0 Å². The summed E-state index contributed by atoms with van der Waals surface area (Å²) in [7, 11) is 1.62. The lowest BCUT2D eigenvalue weighted by atomic mass is 10.2. The number of fused-ring (bicyclic) bond motifs is 1. The number of hydrogen-bond donors (Lipinski definition) is 2. The number of carboxylic acid groups (broad SMARTS) is 1. The smallest absolute Gasteiger partial charge is 0.481 e. The molecule has 0 spiro atoms. The van der Waals surface area contributed by atoms with Crippen LogP contribution in [0.4, 0.5) is 13.2 Å². The molecule has 0 saturated heterocycles. The van der Waals surface area contributed by atoms with Crippen molar-refractivity contribution >= 4 is 16.9 Å². The van der Waals surface area contributed by atoms with E-state index in [9.17, 15) is 13.2 Å². The van der Waals surface area contributed by atoms with Crippen LogP contribution in [0.15, 0.2) is 60.9 Å². The number of ether oxygens (including phenoxy) is 2. The summed E-state index contributed by atoms with van der Waals surface area (Å²) in [6.45, 7) is 3.26. The first-order valence-corrected chi connectivity index (χ1v) is 10.3. The fourth-order valence-corrected chi connectivity index (χ4v) is 3.24. The molecule has 0 atom stereocenters. The minimum Gasteiger partial charge on any atom is -0.481 e. The molecule has 3 aromatic heterocycles. The summed E-state index contributed by atoms with van der Waals surface area (Å²) in [5.41, 5.74) is 10.0. The van der Waals surface area contributed by atoms with Gasteiger partial charge in [-0.2, -0.15) is 13.2 Å². The molecule has 3 N–H and O–H groups in total. The molecule has 0 aliphatic rings. The SMILES string of the molecule is COc1ccc(Cn2c(C)cc3c(Oc4cc(CN)ccn4)cccc32)cn1.O=C(O)C(F)(F)F. The van der Waals surface area contributed by atoms with Crippen molar-refractivity contribution in [2.45, 2.75) is 26.2 Å². The van der Waals surface area contributed by atoms with E-state index >= 15 is 0 Å². The number of rotatable bonds is 6. The maximum atomic E-state index is 10.6. The lowest BCUT2D eigenvalue weighted by molar-refractivity contribution is -0.192. The maximum absolute atomic E-state index is 10.6. The molecule has 184 valence electrons. The number of methoxy groups -OCH3 is 1. The van der Waals surface area contributed by atoms with Crippen LogP contribution >= 0.6 is 0 Å². The minimum absolute atomic E-state index is 0.453. The van der Waals surface area contributed by atoms with Gasteiger partial charge in [-0.05, 0) is 42.3 Å². The van der Waals surface area contributed by atoms with Gasteiger partial charge in [-0.25, -0.2) is 14.8 Å². The summed E-state index contributed by atoms with van der Waals surface area (Å²) in [4.78, 5) is 17.5. The molecule has 0 bridgehead atoms. The fourth-order valence-electron chi connectivity index (χ4n) is 3.24. The minimum atomic E-state index is -5.08. The third kappa shape index (κ3) is 6.48. The van der Waals surface area contributed by atoms with E-state index in [0.717, 1.165) is 40.0 Å². The number of halogens is 3. The molecule has 1 aromatic carbocycles. The normalized spacial score (nSPS) is 11.0. The van der Waals surface area contributed by atoms with E-state index in [1.807, 2.05) is 42.6 Å². The molecule has 0 aliphatic heterocycles. The van der Waals surface area contributed by atoms with Crippen molar-refractivity contribution in [2.75, 3.05) is 7.11 Å². The van der Waals surface area contributed by atoms with Crippen molar-refractivity contribution < 1.29 is 32.5 Å². The molecule has 35 heavy (non-hydrogen) atoms. The predicted molar refractivity (Wildman–Crippen MR) is 122 cm³/mol. The number of aliphatic carboxylic acids is 1. The second-order valence-electron chi connectivity index (χ2n) is 7.38. The van der Waals surface area contributed by atoms with Gasteiger partial charge in [0.25, 0.3) is 0 Å². The number of pyridine rings is 2. The van der Waals surface area contributed by atoms with Crippen molar-refractivity contribution in [2.24, 2.45) is 5.73 Å². The average molecular weight is 488 g/mol. The number of aryl methyl sites for hydroxylation is 1. The van der Waals surface area contributed by atoms with Crippen molar-refractivity contribution in [3.8, 4) is 17.5 Å². The van der Waals surface area contributed by atoms with Gasteiger partial charge >= 0.3 is 12.1 Å². The lowest BCUT2D eigenvalue weighted by Crippen LogP contribution is -2.21. The second-order valence-corrected chi connectivity index (χ2v) is 7.38. The van der Waals surface area contributed by atoms with Crippen LogP contribution in [0.25, 0.3) is 10.9 Å². The summed E-state index contributed by atoms with van der Waals surface area (Å²) < 4.78 is 45.2. The molecule has 4 aromatic rings. The number of nitrogens with zero attached hydrogens (tertiary/aromatic N) is 3. The van der Waals surface area contributed by atoms with Crippen LogP contribution in [0.5, 0.6) is 17.5 Å². The Morgan fingerprint density at radius 3 is 2.43 bits per heavy atom. The number of alkyl halides is 3. The van der Waals surface area contributed by atoms with Crippen LogP contribution in [0.2, 0.25) is 0 Å². The van der Waals surface area contributed by atoms with Crippen molar-refractivity contribution in [1.29, 1.82) is 0 Å². The Morgan fingerprint density at radius 1 is 1.09 bits per heavy atom. The van der Waals surface area contributed by atoms with E-state index in [0.29, 0.717) is 18.3 Å². The maximum Gasteiger partial charge on any atom is 0.490 e. The Morgan fingerprint density at radius 2 is 1.83 bits per heavy atom. The van der Waals surface area contributed by atoms with Gasteiger partial charge in [0, 0.05) is 48.7 Å². The highest BCUT2D eigenvalue weighted by molar-refractivity contribution is 5.87. The first-order valence-electron chi connectivity index (χ1n) is 10.3. The van der Waals surface area contributed by atoms with E-state index in [2.05, 4.69) is 33.6 Å². The van der Waals surface area contributed by atoms with Crippen LogP contribution in [0, 0.1) is 6.92 Å². The van der Waals surface area contributed by atoms with Crippen LogP contribution in [-0.2, 0) is 17.9 Å². The molecule has 0 aliphatic carbocycles. The highest BCUT2D eigenvalue weighted by Gasteiger charge is 2.38. The van der Waals surface area contributed by atoms with Crippen LogP contribution in [-0.4, -0.2) is 38.9 Å². The summed E-state index contributed by atoms with van der Waals surface area (Å²) >= 11 is 0. The molecule has 0 amide bonds. The van der Waals surface area contributed by atoms with Gasteiger partial charge in [-0.1, -0.05) is 12.1 Å². The number of nitrogens with two attached hydrogens (primary N) is 1. The van der Waals surface area contributed by atoms with Gasteiger partial charge in [-0.15, -0.1) is 0 Å². The standard InChI is InChI=1S/C22H22N4O2.C2HF3O2/c1-15-10-18-19(26(15)14-17-6-7-21(27-2)25-13-17)4-3-5-20(18)28-22-11-16(12-23)8-9-24-22;3-2(4,5)1(6)7/h3-11,13H,12,14,23H2,1-2H3;(H,6,7). The lowest BCUT2D eigenvalue weighted by Gasteiger charge is -2.10. The van der Waals surface area contributed by atoms with E-state index in [1.54, 1.807) is 13.3 Å². The summed E-state index contributed by atoms with van der Waals surface area (Å²) in [5.74, 6) is -0.831. The molecule has 0 saturated carbocycles. The molecule has 11 heteroatoms. The summed E-state index contributed by atoms with van der Waals surface area (Å²) in [5, 5.41) is 8.17. The molecule has 8 nitrogen and oxygen atoms in total. The fraction of sp³-hybridized carbons (Fsp3) is 0.208. The van der Waals surface area contributed by atoms with Crippen molar-refractivity contribution in [1.82, 2.24) is 14.5 Å². The Bertz CT molecular complexity index is 1300. The van der Waals surface area contributed by atoms with E-state index in [4.69, 9.17) is 25.1 Å². The van der Waals surface area contributed by atoms with Gasteiger partial charge in [0.1, 0.15) is 5.75 Å². The van der Waals surface area contributed by atoms with E-state index in [1.165, 1.54) is 0 Å². The van der Waals surface area contributed by atoms with Gasteiger partial charge in [0.05, 0.1) is 12.6 Å². The molecule has 0 fully saturated rings. The number of carbonyl (C=O) groups is 1. The second kappa shape index (κ2) is 10.9. The molecular weight excluding hydrogens is 465 g/mol. The Labute approximate surface area is 198 Å². The summed E-state index contributed by atoms with van der Waals surface area (Å²) in [6.07, 6.45) is -1.53. The molecule has 4 rings (SSSR count). The number of carboxylic acids is 1. The van der Waals surface area contributed by atoms with Crippen LogP contribution in [0.1, 0.15) is 16.8 Å². The molecule has 0 radical (unpaired) electrons. The van der Waals surface area contributed by atoms with Gasteiger partial charge in [0.15, 0.2) is 0 Å². The van der Waals surface area contributed by atoms with Crippen molar-refractivity contribution in [3.63, 3.8) is 0 Å². The zero-order valence-electron chi connectivity index (χ0n) is 18.9. The van der Waals surface area contributed by atoms with Crippen molar-refractivity contribution in [3.05, 3.63) is 77.7 Å². The largest absolute Gasteiger partial charge is 0.490 e. The quantitative estimate of drug-likeness (QED) is 0.405. The zero-order valence-corrected chi connectivity index (χ0v) is 18.9. The first-order chi connectivity index (χ1) is 16.6. The molecule has 3 heterocycles. The number of hydrogen-bond acceptors (Lipinski definition) is 6. The predicted octanol–water partition coefficient (Wildman–Crippen LogP) is 4.68. The third-order valence-electron chi connectivity index (χ3n) is 4.95. The van der Waals surface area contributed by atoms with Crippen LogP contribution in [0.3, 0.4) is 0 Å². The van der Waals surface area contributed by atoms with Crippen LogP contribution < -0.4 is 15.2 Å². The highest BCUT2D eigenvalue weighted by atomic mass is 19.4. The number of benzene rings is 1. The van der Waals surface area contributed by atoms with E-state index in [-0.39, 0.29) is 0 Å².